The Morgan fingerprint density at radius 3 is 2.86 bits per heavy atom. The van der Waals surface area contributed by atoms with Crippen molar-refractivity contribution in [3.8, 4) is 0 Å². The number of thiocarbonyl (C=S) groups is 1. The van der Waals surface area contributed by atoms with Gasteiger partial charge in [-0.25, -0.2) is 19.0 Å². The fraction of sp³-hybridized carbons (Fsp3) is 0.471. The molecule has 28 heavy (non-hydrogen) atoms. The van der Waals surface area contributed by atoms with Crippen LogP contribution in [-0.2, 0) is 9.57 Å². The molecule has 3 N–H and O–H groups in total. The summed E-state index contributed by atoms with van der Waals surface area (Å²) in [7, 11) is 0. The molecule has 0 radical (unpaired) electrons. The number of amides is 3. The Bertz CT molecular complexity index is 780. The molecule has 1 aromatic rings. The maximum atomic E-state index is 14.8. The van der Waals surface area contributed by atoms with Gasteiger partial charge >= 0.3 is 12.1 Å². The molecule has 3 rings (SSSR count). The lowest BCUT2D eigenvalue weighted by molar-refractivity contribution is -0.102. The first kappa shape index (κ1) is 20.1. The molecule has 11 heteroatoms. The highest BCUT2D eigenvalue weighted by molar-refractivity contribution is 7.80. The van der Waals surface area contributed by atoms with Gasteiger partial charge in [0.15, 0.2) is 0 Å². The monoisotopic (exact) mass is 411 g/mol. The standard InChI is InChI=1S/C17H22FN5O4S/c1-11(28)20-9-13-10-22(17(25)27-13)12-2-3-15(14(18)8-12)21-4-5-23(16(19)24)26-7-6-21/h2-3,8,13H,4-7,9-10H2,1H3,(H2,19,24)(H,20,28)/t13-/m0/s1. The molecule has 3 amide bonds. The minimum atomic E-state index is -0.682. The van der Waals surface area contributed by atoms with E-state index in [9.17, 15) is 14.0 Å². The number of halogens is 1. The summed E-state index contributed by atoms with van der Waals surface area (Å²) in [5.74, 6) is -0.478. The topological polar surface area (TPSA) is 100 Å². The number of cyclic esters (lactones) is 1. The van der Waals surface area contributed by atoms with Gasteiger partial charge in [-0.2, -0.15) is 0 Å². The van der Waals surface area contributed by atoms with Gasteiger partial charge in [-0.05, 0) is 25.1 Å². The molecule has 9 nitrogen and oxygen atoms in total. The predicted molar refractivity (Wildman–Crippen MR) is 105 cm³/mol. The zero-order chi connectivity index (χ0) is 20.3. The zero-order valence-electron chi connectivity index (χ0n) is 15.4. The molecule has 0 spiro atoms. The summed E-state index contributed by atoms with van der Waals surface area (Å²) in [6.07, 6.45) is -0.892. The SMILES string of the molecule is CC(=S)NC[C@H]1CN(c2ccc(N3CCON(C(N)=O)CC3)c(F)c2)C(=O)O1. The van der Waals surface area contributed by atoms with Gasteiger partial charge in [-0.3, -0.25) is 9.74 Å². The minimum absolute atomic E-state index is 0.205. The molecule has 0 bridgehead atoms. The van der Waals surface area contributed by atoms with Gasteiger partial charge in [0, 0.05) is 13.1 Å². The third-order valence-electron chi connectivity index (χ3n) is 4.46. The summed E-state index contributed by atoms with van der Waals surface area (Å²) < 4.78 is 20.0. The normalized spacial score (nSPS) is 20.0. The molecule has 2 aliphatic rings. The van der Waals surface area contributed by atoms with E-state index in [2.05, 4.69) is 5.32 Å². The van der Waals surface area contributed by atoms with E-state index in [1.54, 1.807) is 24.0 Å². The smallest absolute Gasteiger partial charge is 0.414 e. The van der Waals surface area contributed by atoms with Crippen LogP contribution in [0.5, 0.6) is 0 Å². The Balaban J connectivity index is 1.68. The van der Waals surface area contributed by atoms with Crippen LogP contribution >= 0.6 is 12.2 Å². The van der Waals surface area contributed by atoms with E-state index in [1.165, 1.54) is 11.0 Å². The first-order valence-electron chi connectivity index (χ1n) is 8.82. The van der Waals surface area contributed by atoms with Gasteiger partial charge < -0.3 is 20.7 Å². The molecule has 1 atom stereocenters. The molecule has 0 saturated carbocycles. The Hall–Kier alpha value is -2.66. The second kappa shape index (κ2) is 8.57. The second-order valence-electron chi connectivity index (χ2n) is 6.45. The third kappa shape index (κ3) is 4.60. The Morgan fingerprint density at radius 2 is 2.18 bits per heavy atom. The number of anilines is 2. The highest BCUT2D eigenvalue weighted by atomic mass is 32.1. The molecular formula is C17H22FN5O4S. The van der Waals surface area contributed by atoms with Crippen molar-refractivity contribution in [3.05, 3.63) is 24.0 Å². The molecule has 0 aromatic heterocycles. The van der Waals surface area contributed by atoms with Crippen LogP contribution in [0.25, 0.3) is 0 Å². The quantitative estimate of drug-likeness (QED) is 0.719. The summed E-state index contributed by atoms with van der Waals surface area (Å²) in [5.41, 5.74) is 5.99. The van der Waals surface area contributed by atoms with E-state index < -0.39 is 17.9 Å². The number of rotatable bonds is 4. The van der Waals surface area contributed by atoms with E-state index in [0.29, 0.717) is 42.5 Å². The zero-order valence-corrected chi connectivity index (χ0v) is 16.2. The average molecular weight is 411 g/mol. The summed E-state index contributed by atoms with van der Waals surface area (Å²) in [4.78, 5) is 32.3. The minimum Gasteiger partial charge on any atom is -0.442 e. The van der Waals surface area contributed by atoms with Crippen molar-refractivity contribution in [2.24, 2.45) is 5.73 Å². The van der Waals surface area contributed by atoms with Crippen LogP contribution in [0.1, 0.15) is 6.92 Å². The van der Waals surface area contributed by atoms with Crippen molar-refractivity contribution in [1.82, 2.24) is 10.4 Å². The van der Waals surface area contributed by atoms with Gasteiger partial charge in [0.1, 0.15) is 11.9 Å². The average Bonchev–Trinajstić information content (AvgIpc) is 2.85. The molecule has 2 heterocycles. The Labute approximate surface area is 167 Å². The number of ether oxygens (including phenoxy) is 1. The van der Waals surface area contributed by atoms with Crippen molar-refractivity contribution in [1.29, 1.82) is 0 Å². The molecule has 2 aliphatic heterocycles. The Morgan fingerprint density at radius 1 is 1.39 bits per heavy atom. The highest BCUT2D eigenvalue weighted by Gasteiger charge is 2.33. The lowest BCUT2D eigenvalue weighted by atomic mass is 10.2. The van der Waals surface area contributed by atoms with E-state index in [4.69, 9.17) is 27.5 Å². The van der Waals surface area contributed by atoms with Gasteiger partial charge in [0.2, 0.25) is 0 Å². The van der Waals surface area contributed by atoms with Crippen molar-refractivity contribution in [2.45, 2.75) is 13.0 Å². The number of urea groups is 1. The Kier molecular flexibility index (Phi) is 6.15. The maximum absolute atomic E-state index is 14.8. The fourth-order valence-electron chi connectivity index (χ4n) is 3.08. The van der Waals surface area contributed by atoms with Crippen LogP contribution in [0.3, 0.4) is 0 Å². The number of hydroxylamine groups is 2. The van der Waals surface area contributed by atoms with E-state index in [1.807, 2.05) is 0 Å². The first-order valence-corrected chi connectivity index (χ1v) is 9.23. The number of nitrogens with zero attached hydrogens (tertiary/aromatic N) is 3. The number of nitrogens with two attached hydrogens (primary N) is 1. The molecule has 0 aliphatic carbocycles. The summed E-state index contributed by atoms with van der Waals surface area (Å²) in [5, 5.41) is 4.02. The summed E-state index contributed by atoms with van der Waals surface area (Å²) >= 11 is 4.95. The number of hydrogen-bond acceptors (Lipinski definition) is 6. The lowest BCUT2D eigenvalue weighted by Gasteiger charge is -2.23. The molecule has 1 aromatic carbocycles. The van der Waals surface area contributed by atoms with E-state index >= 15 is 0 Å². The van der Waals surface area contributed by atoms with Crippen molar-refractivity contribution in [2.75, 3.05) is 49.1 Å². The van der Waals surface area contributed by atoms with Crippen molar-refractivity contribution >= 4 is 40.7 Å². The first-order chi connectivity index (χ1) is 13.3. The third-order valence-corrected chi connectivity index (χ3v) is 4.61. The number of nitrogens with one attached hydrogen (secondary N) is 1. The van der Waals surface area contributed by atoms with Crippen LogP contribution in [0.2, 0.25) is 0 Å². The molecular weight excluding hydrogens is 389 g/mol. The van der Waals surface area contributed by atoms with Crippen LogP contribution in [0.4, 0.5) is 25.4 Å². The molecule has 2 saturated heterocycles. The van der Waals surface area contributed by atoms with Gasteiger partial charge in [0.05, 0.1) is 42.6 Å². The molecule has 152 valence electrons. The molecule has 0 unspecified atom stereocenters. The summed E-state index contributed by atoms with van der Waals surface area (Å²) in [6, 6.07) is 3.88. The van der Waals surface area contributed by atoms with Gasteiger partial charge in [-0.15, -0.1) is 0 Å². The van der Waals surface area contributed by atoms with Crippen LogP contribution in [0.15, 0.2) is 18.2 Å². The number of benzene rings is 1. The highest BCUT2D eigenvalue weighted by Crippen LogP contribution is 2.28. The number of primary amides is 1. The van der Waals surface area contributed by atoms with Crippen LogP contribution < -0.4 is 20.9 Å². The van der Waals surface area contributed by atoms with E-state index in [-0.39, 0.29) is 19.3 Å². The predicted octanol–water partition coefficient (Wildman–Crippen LogP) is 1.22. The fourth-order valence-corrected chi connectivity index (χ4v) is 3.16. The lowest BCUT2D eigenvalue weighted by Crippen LogP contribution is -2.38. The van der Waals surface area contributed by atoms with Gasteiger partial charge in [-0.1, -0.05) is 12.2 Å². The molecule has 2 fully saturated rings. The van der Waals surface area contributed by atoms with Crippen LogP contribution in [0, 0.1) is 5.82 Å². The van der Waals surface area contributed by atoms with Crippen molar-refractivity contribution < 1.29 is 23.6 Å². The number of hydrogen-bond donors (Lipinski definition) is 2. The van der Waals surface area contributed by atoms with Gasteiger partial charge in [0.25, 0.3) is 0 Å². The second-order valence-corrected chi connectivity index (χ2v) is 7.06. The largest absolute Gasteiger partial charge is 0.442 e. The van der Waals surface area contributed by atoms with Crippen molar-refractivity contribution in [3.63, 3.8) is 0 Å². The number of carbonyl (C=O) groups excluding carboxylic acids is 2. The van der Waals surface area contributed by atoms with E-state index in [0.717, 1.165) is 5.06 Å². The van der Waals surface area contributed by atoms with Crippen LogP contribution in [-0.4, -0.2) is 67.6 Å². The number of carbonyl (C=O) groups is 2. The maximum Gasteiger partial charge on any atom is 0.414 e. The summed E-state index contributed by atoms with van der Waals surface area (Å²) in [6.45, 7) is 3.65.